The predicted octanol–water partition coefficient (Wildman–Crippen LogP) is 19.6. The first-order chi connectivity index (χ1) is 43.9. The van der Waals surface area contributed by atoms with Crippen LogP contribution in [0.15, 0.2) is 285 Å². The van der Waals surface area contributed by atoms with E-state index in [0.717, 1.165) is 78.2 Å². The average Bonchev–Trinajstić information content (AvgIpc) is 0.858. The van der Waals surface area contributed by atoms with Crippen molar-refractivity contribution in [2.24, 2.45) is 0 Å². The molecule has 6 nitrogen and oxygen atoms in total. The summed E-state index contributed by atoms with van der Waals surface area (Å²) in [5.41, 5.74) is 26.1. The van der Waals surface area contributed by atoms with E-state index in [9.17, 15) is 0 Å². The van der Waals surface area contributed by atoms with Crippen LogP contribution in [0.2, 0.25) is 0 Å². The van der Waals surface area contributed by atoms with Crippen molar-refractivity contribution in [1.82, 2.24) is 19.5 Å². The van der Waals surface area contributed by atoms with Crippen molar-refractivity contribution in [3.8, 4) is 73.2 Å². The Morgan fingerprint density at radius 2 is 0.700 bits per heavy atom. The Morgan fingerprint density at radius 3 is 1.23 bits per heavy atom. The number of fused-ring (bicyclic) bond motifs is 7. The van der Waals surface area contributed by atoms with Gasteiger partial charge in [0.15, 0.2) is 17.5 Å². The molecule has 0 saturated heterocycles. The largest absolute Gasteiger partial charge is 0.311 e. The van der Waals surface area contributed by atoms with E-state index < -0.39 is 0 Å². The molecule has 2 aromatic heterocycles. The molecule has 0 N–H and O–H groups in total. The maximum Gasteiger partial charge on any atom is 0.252 e. The van der Waals surface area contributed by atoms with E-state index in [4.69, 9.17) is 15.0 Å². The second-order valence-corrected chi connectivity index (χ2v) is 26.0. The summed E-state index contributed by atoms with van der Waals surface area (Å²) in [6.07, 6.45) is 0. The number of rotatable bonds is 9. The van der Waals surface area contributed by atoms with E-state index in [1.54, 1.807) is 0 Å². The quantitative estimate of drug-likeness (QED) is 0.135. The summed E-state index contributed by atoms with van der Waals surface area (Å²) < 4.78 is 2.48. The van der Waals surface area contributed by atoms with Gasteiger partial charge in [-0.25, -0.2) is 15.0 Å². The van der Waals surface area contributed by atoms with Crippen LogP contribution >= 0.6 is 0 Å². The van der Waals surface area contributed by atoms with Crippen LogP contribution in [0.4, 0.5) is 34.1 Å². The molecule has 12 aromatic carbocycles. The minimum atomic E-state index is -0.0607. The third-order valence-electron chi connectivity index (χ3n) is 18.3. The third kappa shape index (κ3) is 9.31. The zero-order valence-corrected chi connectivity index (χ0v) is 51.4. The number of hydrogen-bond acceptors (Lipinski definition) is 5. The number of anilines is 6. The number of nitrogens with zero attached hydrogens (tertiary/aromatic N) is 6. The summed E-state index contributed by atoms with van der Waals surface area (Å²) in [6.45, 7) is 13.9. The van der Waals surface area contributed by atoms with Gasteiger partial charge in [-0.2, -0.15) is 0 Å². The zero-order chi connectivity index (χ0) is 60.8. The van der Waals surface area contributed by atoms with Gasteiger partial charge in [0.25, 0.3) is 6.71 Å². The molecule has 90 heavy (non-hydrogen) atoms. The van der Waals surface area contributed by atoms with Gasteiger partial charge in [0.05, 0.1) is 16.7 Å². The Bertz CT molecular complexity index is 4970. The molecule has 7 heteroatoms. The third-order valence-corrected chi connectivity index (χ3v) is 18.3. The molecule has 0 bridgehead atoms. The molecular weight excluding hydrogens is 1090 g/mol. The van der Waals surface area contributed by atoms with Gasteiger partial charge < -0.3 is 14.4 Å². The van der Waals surface area contributed by atoms with Crippen molar-refractivity contribution in [3.63, 3.8) is 0 Å². The normalized spacial score (nSPS) is 12.7. The molecule has 0 amide bonds. The van der Waals surface area contributed by atoms with Crippen LogP contribution in [0, 0.1) is 0 Å². The lowest BCUT2D eigenvalue weighted by atomic mass is 9.33. The molecule has 430 valence electrons. The van der Waals surface area contributed by atoms with Crippen molar-refractivity contribution in [3.05, 3.63) is 296 Å². The summed E-state index contributed by atoms with van der Waals surface area (Å²) in [7, 11) is 0. The van der Waals surface area contributed by atoms with E-state index in [0.29, 0.717) is 17.5 Å². The first-order valence-electron chi connectivity index (χ1n) is 31.3. The Balaban J connectivity index is 0.825. The van der Waals surface area contributed by atoms with Crippen LogP contribution < -0.4 is 26.2 Å². The Labute approximate surface area is 527 Å². The van der Waals surface area contributed by atoms with Gasteiger partial charge in [-0.15, -0.1) is 0 Å². The minimum Gasteiger partial charge on any atom is -0.311 e. The zero-order valence-electron chi connectivity index (χ0n) is 51.4. The predicted molar refractivity (Wildman–Crippen MR) is 378 cm³/mol. The van der Waals surface area contributed by atoms with Gasteiger partial charge >= 0.3 is 0 Å². The summed E-state index contributed by atoms with van der Waals surface area (Å²) in [6, 6.07) is 104. The Kier molecular flexibility index (Phi) is 13.0. The van der Waals surface area contributed by atoms with Gasteiger partial charge in [-0.1, -0.05) is 236 Å². The van der Waals surface area contributed by atoms with E-state index in [-0.39, 0.29) is 17.5 Å². The van der Waals surface area contributed by atoms with E-state index >= 15 is 0 Å². The smallest absolute Gasteiger partial charge is 0.252 e. The van der Waals surface area contributed by atoms with Gasteiger partial charge in [0, 0.05) is 67.2 Å². The van der Waals surface area contributed by atoms with Gasteiger partial charge in [0.1, 0.15) is 0 Å². The van der Waals surface area contributed by atoms with Crippen LogP contribution in [-0.2, 0) is 10.8 Å². The SMILES string of the molecule is CC(C)(C)c1ccc2c(c1)c1cc(C(C)(C)C)ccc1n2-c1c(-c2cccc(-c3cccc(-c4ccc(N5c6ccccc6B6c7ccccc7N(c7ccccc7)c7cccc5c76)cc4)c3)c2)cccc1-c1nc(-c2ccccc2)nc(-c2ccccc2)n1. The second kappa shape index (κ2) is 21.5. The molecule has 0 fully saturated rings. The van der Waals surface area contributed by atoms with Crippen molar-refractivity contribution in [2.75, 3.05) is 9.80 Å². The molecule has 0 unspecified atom stereocenters. The summed E-state index contributed by atoms with van der Waals surface area (Å²) in [4.78, 5) is 20.9. The summed E-state index contributed by atoms with van der Waals surface area (Å²) in [5.74, 6) is 1.83. The number of benzene rings is 12. The van der Waals surface area contributed by atoms with Crippen LogP contribution in [-0.4, -0.2) is 26.2 Å². The summed E-state index contributed by atoms with van der Waals surface area (Å²) >= 11 is 0. The molecule has 4 heterocycles. The molecule has 2 aliphatic rings. The Morgan fingerprint density at radius 1 is 0.300 bits per heavy atom. The maximum atomic E-state index is 5.41. The molecule has 0 radical (unpaired) electrons. The van der Waals surface area contributed by atoms with Crippen LogP contribution in [0.5, 0.6) is 0 Å². The average molecular weight is 1160 g/mol. The van der Waals surface area contributed by atoms with Crippen molar-refractivity contribution >= 4 is 79.0 Å². The fraction of sp³-hybridized carbons (Fsp3) is 0.0964. The van der Waals surface area contributed by atoms with Crippen molar-refractivity contribution < 1.29 is 0 Å². The fourth-order valence-electron chi connectivity index (χ4n) is 13.8. The topological polar surface area (TPSA) is 50.1 Å². The van der Waals surface area contributed by atoms with E-state index in [1.807, 2.05) is 36.4 Å². The monoisotopic (exact) mass is 1160 g/mol. The lowest BCUT2D eigenvalue weighted by Crippen LogP contribution is -2.61. The highest BCUT2D eigenvalue weighted by Crippen LogP contribution is 2.47. The number of para-hydroxylation sites is 4. The molecule has 0 atom stereocenters. The maximum absolute atomic E-state index is 5.41. The molecule has 0 saturated carbocycles. The highest BCUT2D eigenvalue weighted by Gasteiger charge is 2.43. The van der Waals surface area contributed by atoms with Crippen LogP contribution in [0.1, 0.15) is 52.7 Å². The second-order valence-electron chi connectivity index (χ2n) is 26.0. The van der Waals surface area contributed by atoms with E-state index in [1.165, 1.54) is 61.0 Å². The van der Waals surface area contributed by atoms with Crippen molar-refractivity contribution in [1.29, 1.82) is 0 Å². The summed E-state index contributed by atoms with van der Waals surface area (Å²) in [5, 5.41) is 2.42. The van der Waals surface area contributed by atoms with Gasteiger partial charge in [-0.05, 0) is 157 Å². The Hall–Kier alpha value is -10.9. The first kappa shape index (κ1) is 54.5. The standard InChI is InChI=1S/C83H65BN6/c1-82(2,3)61-44-48-71-67(52-61)68-53-62(83(4,5)6)45-49-72(68)90(71)78-65(34-22-35-66(78)81-86-79(55-24-10-7-11-25-55)85-80(87-81)56-26-12-8-13-27-56)60-31-21-30-59(51-60)58-29-20-28-57(50-58)54-42-46-64(47-43-54)89-74-39-19-17-37-70(74)84-69-36-16-18-38-73(69)88(63-32-14-9-15-33-63)75-40-23-41-76(89)77(75)84/h7-53H,1-6H3. The number of aromatic nitrogens is 4. The minimum absolute atomic E-state index is 0.0607. The fourth-order valence-corrected chi connectivity index (χ4v) is 13.8. The molecule has 0 aliphatic carbocycles. The molecule has 14 aromatic rings. The molecule has 0 spiro atoms. The van der Waals surface area contributed by atoms with Crippen LogP contribution in [0.25, 0.3) is 95.0 Å². The van der Waals surface area contributed by atoms with E-state index in [2.05, 4.69) is 305 Å². The number of hydrogen-bond donors (Lipinski definition) is 0. The van der Waals surface area contributed by atoms with Crippen LogP contribution in [0.3, 0.4) is 0 Å². The molecule has 16 rings (SSSR count). The molecular formula is C83H65BN6. The lowest BCUT2D eigenvalue weighted by Gasteiger charge is -2.44. The highest BCUT2D eigenvalue weighted by atomic mass is 15.2. The van der Waals surface area contributed by atoms with Gasteiger partial charge in [-0.3, -0.25) is 0 Å². The van der Waals surface area contributed by atoms with Gasteiger partial charge in [0.2, 0.25) is 0 Å². The first-order valence-corrected chi connectivity index (χ1v) is 31.3. The van der Waals surface area contributed by atoms with Crippen molar-refractivity contribution in [2.45, 2.75) is 52.4 Å². The lowest BCUT2D eigenvalue weighted by molar-refractivity contribution is 0.590. The molecule has 2 aliphatic heterocycles. The highest BCUT2D eigenvalue weighted by molar-refractivity contribution is 7.00.